The molecular weight excluding hydrogens is 170 g/mol. The number of nitrogens with one attached hydrogen (secondary N) is 1. The smallest absolute Gasteiger partial charge is 0.173 e. The zero-order valence-electron chi connectivity index (χ0n) is 7.38. The number of hydrogen-bond donors (Lipinski definition) is 1. The maximum absolute atomic E-state index is 5.47. The zero-order chi connectivity index (χ0) is 8.65. The SMILES string of the molecule is CCNCCCOc1cccs1. The summed E-state index contributed by atoms with van der Waals surface area (Å²) in [5.74, 6) is 0. The lowest BCUT2D eigenvalue weighted by molar-refractivity contribution is 0.317. The van der Waals surface area contributed by atoms with Gasteiger partial charge in [0, 0.05) is 0 Å². The minimum Gasteiger partial charge on any atom is -0.484 e. The first-order valence-corrected chi connectivity index (χ1v) is 5.18. The van der Waals surface area contributed by atoms with E-state index in [2.05, 4.69) is 12.2 Å². The van der Waals surface area contributed by atoms with Crippen molar-refractivity contribution in [3.05, 3.63) is 17.5 Å². The second-order valence-electron chi connectivity index (χ2n) is 2.49. The number of ether oxygens (including phenoxy) is 1. The van der Waals surface area contributed by atoms with Crippen molar-refractivity contribution in [2.24, 2.45) is 0 Å². The van der Waals surface area contributed by atoms with Gasteiger partial charge in [0.1, 0.15) is 0 Å². The molecule has 0 aliphatic carbocycles. The number of rotatable bonds is 6. The Bertz CT molecular complexity index is 186. The van der Waals surface area contributed by atoms with Crippen LogP contribution < -0.4 is 10.1 Å². The van der Waals surface area contributed by atoms with Gasteiger partial charge in [-0.15, -0.1) is 11.3 Å². The Hall–Kier alpha value is -0.540. The van der Waals surface area contributed by atoms with E-state index in [-0.39, 0.29) is 0 Å². The molecule has 0 aliphatic heterocycles. The second-order valence-corrected chi connectivity index (χ2v) is 3.40. The zero-order valence-corrected chi connectivity index (χ0v) is 8.19. The van der Waals surface area contributed by atoms with Gasteiger partial charge in [-0.2, -0.15) is 0 Å². The highest BCUT2D eigenvalue weighted by Gasteiger charge is 1.92. The molecule has 0 unspecified atom stereocenters. The summed E-state index contributed by atoms with van der Waals surface area (Å²) in [5.41, 5.74) is 0. The van der Waals surface area contributed by atoms with E-state index in [0.717, 1.165) is 31.2 Å². The molecule has 0 atom stereocenters. The van der Waals surface area contributed by atoms with Crippen LogP contribution in [0.25, 0.3) is 0 Å². The topological polar surface area (TPSA) is 21.3 Å². The number of hydrogen-bond acceptors (Lipinski definition) is 3. The van der Waals surface area contributed by atoms with Gasteiger partial charge >= 0.3 is 0 Å². The molecule has 68 valence electrons. The highest BCUT2D eigenvalue weighted by molar-refractivity contribution is 7.11. The molecule has 2 nitrogen and oxygen atoms in total. The predicted octanol–water partition coefficient (Wildman–Crippen LogP) is 2.13. The molecule has 1 aromatic heterocycles. The first-order chi connectivity index (χ1) is 5.93. The van der Waals surface area contributed by atoms with Crippen LogP contribution in [0.4, 0.5) is 0 Å². The van der Waals surface area contributed by atoms with Crippen molar-refractivity contribution in [1.82, 2.24) is 5.32 Å². The Morgan fingerprint density at radius 1 is 1.58 bits per heavy atom. The van der Waals surface area contributed by atoms with E-state index in [1.807, 2.05) is 17.5 Å². The van der Waals surface area contributed by atoms with Crippen LogP contribution in [-0.4, -0.2) is 19.7 Å². The van der Waals surface area contributed by atoms with Crippen molar-refractivity contribution in [2.75, 3.05) is 19.7 Å². The standard InChI is InChI=1S/C9H15NOS/c1-2-10-6-4-7-11-9-5-3-8-12-9/h3,5,8,10H,2,4,6-7H2,1H3. The van der Waals surface area contributed by atoms with Crippen LogP contribution in [0, 0.1) is 0 Å². The third-order valence-electron chi connectivity index (χ3n) is 1.49. The van der Waals surface area contributed by atoms with Crippen molar-refractivity contribution >= 4 is 11.3 Å². The minimum atomic E-state index is 0.813. The van der Waals surface area contributed by atoms with Crippen LogP contribution >= 0.6 is 11.3 Å². The summed E-state index contributed by atoms with van der Waals surface area (Å²) in [6, 6.07) is 4.00. The molecule has 12 heavy (non-hydrogen) atoms. The van der Waals surface area contributed by atoms with Gasteiger partial charge in [0.2, 0.25) is 0 Å². The van der Waals surface area contributed by atoms with E-state index in [1.54, 1.807) is 11.3 Å². The Morgan fingerprint density at radius 2 is 2.50 bits per heavy atom. The molecule has 0 saturated carbocycles. The lowest BCUT2D eigenvalue weighted by atomic mass is 10.4. The molecule has 0 amide bonds. The molecule has 0 aliphatic rings. The summed E-state index contributed by atoms with van der Waals surface area (Å²) in [6.45, 7) is 5.01. The summed E-state index contributed by atoms with van der Waals surface area (Å²) in [4.78, 5) is 0. The largest absolute Gasteiger partial charge is 0.484 e. The first-order valence-electron chi connectivity index (χ1n) is 4.30. The van der Waals surface area contributed by atoms with Crippen LogP contribution in [-0.2, 0) is 0 Å². The second kappa shape index (κ2) is 6.03. The van der Waals surface area contributed by atoms with Gasteiger partial charge in [0.25, 0.3) is 0 Å². The van der Waals surface area contributed by atoms with Gasteiger partial charge in [-0.1, -0.05) is 6.92 Å². The van der Waals surface area contributed by atoms with Crippen LogP contribution in [0.15, 0.2) is 17.5 Å². The van der Waals surface area contributed by atoms with E-state index in [0.29, 0.717) is 0 Å². The van der Waals surface area contributed by atoms with Crippen LogP contribution in [0.3, 0.4) is 0 Å². The third kappa shape index (κ3) is 3.74. The molecule has 0 fully saturated rings. The average Bonchev–Trinajstić information content (AvgIpc) is 2.57. The summed E-state index contributed by atoms with van der Waals surface area (Å²) >= 11 is 1.64. The van der Waals surface area contributed by atoms with Crippen molar-refractivity contribution in [3.63, 3.8) is 0 Å². The lowest BCUT2D eigenvalue weighted by Crippen LogP contribution is -2.16. The highest BCUT2D eigenvalue weighted by Crippen LogP contribution is 2.17. The Kier molecular flexibility index (Phi) is 4.80. The van der Waals surface area contributed by atoms with Crippen LogP contribution in [0.1, 0.15) is 13.3 Å². The fourth-order valence-electron chi connectivity index (χ4n) is 0.892. The molecular formula is C9H15NOS. The fourth-order valence-corrected chi connectivity index (χ4v) is 1.49. The van der Waals surface area contributed by atoms with Gasteiger partial charge in [0.15, 0.2) is 5.06 Å². The predicted molar refractivity (Wildman–Crippen MR) is 53.0 cm³/mol. The van der Waals surface area contributed by atoms with Gasteiger partial charge in [0.05, 0.1) is 6.61 Å². The van der Waals surface area contributed by atoms with Crippen molar-refractivity contribution in [1.29, 1.82) is 0 Å². The number of thiophene rings is 1. The molecule has 0 bridgehead atoms. The maximum Gasteiger partial charge on any atom is 0.173 e. The van der Waals surface area contributed by atoms with Crippen LogP contribution in [0.2, 0.25) is 0 Å². The van der Waals surface area contributed by atoms with Crippen LogP contribution in [0.5, 0.6) is 5.06 Å². The molecule has 1 N–H and O–H groups in total. The molecule has 1 rings (SSSR count). The van der Waals surface area contributed by atoms with Gasteiger partial charge in [-0.25, -0.2) is 0 Å². The summed E-state index contributed by atoms with van der Waals surface area (Å²) in [7, 11) is 0. The minimum absolute atomic E-state index is 0.813. The summed E-state index contributed by atoms with van der Waals surface area (Å²) in [6.07, 6.45) is 1.08. The van der Waals surface area contributed by atoms with E-state index in [9.17, 15) is 0 Å². The molecule has 3 heteroatoms. The fraction of sp³-hybridized carbons (Fsp3) is 0.556. The third-order valence-corrected chi connectivity index (χ3v) is 2.27. The Labute approximate surface area is 77.6 Å². The van der Waals surface area contributed by atoms with Crippen molar-refractivity contribution < 1.29 is 4.74 Å². The van der Waals surface area contributed by atoms with Gasteiger partial charge in [-0.05, 0) is 37.0 Å². The molecule has 0 saturated heterocycles. The van der Waals surface area contributed by atoms with E-state index in [1.165, 1.54) is 0 Å². The maximum atomic E-state index is 5.47. The molecule has 0 spiro atoms. The average molecular weight is 185 g/mol. The molecule has 0 radical (unpaired) electrons. The normalized spacial score (nSPS) is 10.1. The monoisotopic (exact) mass is 185 g/mol. The summed E-state index contributed by atoms with van der Waals surface area (Å²) < 4.78 is 5.47. The molecule has 0 aromatic carbocycles. The first kappa shape index (κ1) is 9.55. The lowest BCUT2D eigenvalue weighted by Gasteiger charge is -2.02. The van der Waals surface area contributed by atoms with E-state index < -0.39 is 0 Å². The van der Waals surface area contributed by atoms with E-state index in [4.69, 9.17) is 4.74 Å². The summed E-state index contributed by atoms with van der Waals surface area (Å²) in [5, 5.41) is 6.30. The quantitative estimate of drug-likeness (QED) is 0.685. The van der Waals surface area contributed by atoms with E-state index >= 15 is 0 Å². The molecule has 1 aromatic rings. The van der Waals surface area contributed by atoms with Gasteiger partial charge < -0.3 is 10.1 Å². The Balaban J connectivity index is 1.96. The van der Waals surface area contributed by atoms with Crippen molar-refractivity contribution in [2.45, 2.75) is 13.3 Å². The van der Waals surface area contributed by atoms with Crippen molar-refractivity contribution in [3.8, 4) is 5.06 Å². The highest BCUT2D eigenvalue weighted by atomic mass is 32.1. The van der Waals surface area contributed by atoms with Gasteiger partial charge in [-0.3, -0.25) is 0 Å². The molecule has 1 heterocycles. The Morgan fingerprint density at radius 3 is 3.17 bits per heavy atom.